The van der Waals surface area contributed by atoms with Crippen molar-refractivity contribution in [1.29, 1.82) is 0 Å². The summed E-state index contributed by atoms with van der Waals surface area (Å²) in [4.78, 5) is 8.64. The van der Waals surface area contributed by atoms with Crippen LogP contribution in [0.25, 0.3) is 11.3 Å². The number of alkyl halides is 3. The van der Waals surface area contributed by atoms with Crippen molar-refractivity contribution < 1.29 is 27.4 Å². The van der Waals surface area contributed by atoms with Gasteiger partial charge in [0.15, 0.2) is 0 Å². The fraction of sp³-hybridized carbons (Fsp3) is 0.238. The summed E-state index contributed by atoms with van der Waals surface area (Å²) in [6.45, 7) is 3.12. The van der Waals surface area contributed by atoms with Crippen LogP contribution in [0.1, 0.15) is 12.5 Å². The van der Waals surface area contributed by atoms with E-state index in [2.05, 4.69) is 25.3 Å². The molecule has 0 fully saturated rings. The molecule has 0 aliphatic heterocycles. The minimum absolute atomic E-state index is 0.137. The van der Waals surface area contributed by atoms with Crippen molar-refractivity contribution in [2.45, 2.75) is 26.3 Å². The predicted molar refractivity (Wildman–Crippen MR) is 109 cm³/mol. The summed E-state index contributed by atoms with van der Waals surface area (Å²) < 4.78 is 55.6. The quantitative estimate of drug-likeness (QED) is 0.451. The van der Waals surface area contributed by atoms with E-state index in [1.54, 1.807) is 26.0 Å². The number of hydrogen-bond donors (Lipinski definition) is 3. The van der Waals surface area contributed by atoms with Gasteiger partial charge in [0.25, 0.3) is 0 Å². The number of nitrogens with one attached hydrogen (secondary N) is 2. The van der Waals surface area contributed by atoms with E-state index in [0.29, 0.717) is 22.5 Å². The molecule has 0 bridgehead atoms. The molecule has 0 saturated heterocycles. The summed E-state index contributed by atoms with van der Waals surface area (Å²) in [5.41, 5.74) is 1.50. The van der Waals surface area contributed by atoms with Gasteiger partial charge in [-0.15, -0.1) is 13.2 Å². The van der Waals surface area contributed by atoms with E-state index < -0.39 is 17.9 Å². The molecule has 3 rings (SSSR count). The lowest BCUT2D eigenvalue weighted by atomic mass is 10.1. The molecule has 3 aromatic rings. The fourth-order valence-electron chi connectivity index (χ4n) is 2.72. The van der Waals surface area contributed by atoms with Gasteiger partial charge in [0.1, 0.15) is 17.4 Å². The maximum Gasteiger partial charge on any atom is 0.573 e. The molecule has 1 heterocycles. The van der Waals surface area contributed by atoms with Crippen LogP contribution in [-0.2, 0) is 0 Å². The average molecular weight is 436 g/mol. The first kappa shape index (κ1) is 22.3. The van der Waals surface area contributed by atoms with Gasteiger partial charge in [-0.3, -0.25) is 0 Å². The molecule has 0 aliphatic carbocycles. The Labute approximate surface area is 175 Å². The molecular weight excluding hydrogens is 416 g/mol. The zero-order chi connectivity index (χ0) is 22.6. The zero-order valence-corrected chi connectivity index (χ0v) is 16.7. The smallest absolute Gasteiger partial charge is 0.406 e. The van der Waals surface area contributed by atoms with Crippen molar-refractivity contribution in [1.82, 2.24) is 9.97 Å². The molecule has 1 atom stereocenters. The average Bonchev–Trinajstić information content (AvgIpc) is 2.70. The van der Waals surface area contributed by atoms with Gasteiger partial charge in [0, 0.05) is 28.9 Å². The second-order valence-corrected chi connectivity index (χ2v) is 6.80. The molecule has 31 heavy (non-hydrogen) atoms. The topological polar surface area (TPSA) is 79.3 Å². The van der Waals surface area contributed by atoms with Crippen LogP contribution in [0, 0.1) is 12.7 Å². The molecule has 0 radical (unpaired) electrons. The molecule has 0 saturated carbocycles. The Kier molecular flexibility index (Phi) is 6.59. The van der Waals surface area contributed by atoms with E-state index >= 15 is 0 Å². The Morgan fingerprint density at radius 2 is 1.84 bits per heavy atom. The fourth-order valence-corrected chi connectivity index (χ4v) is 2.72. The van der Waals surface area contributed by atoms with Crippen LogP contribution in [-0.4, -0.2) is 34.1 Å². The van der Waals surface area contributed by atoms with E-state index in [9.17, 15) is 22.7 Å². The first-order valence-electron chi connectivity index (χ1n) is 9.29. The zero-order valence-electron chi connectivity index (χ0n) is 16.7. The first-order valence-corrected chi connectivity index (χ1v) is 9.29. The Morgan fingerprint density at radius 3 is 2.55 bits per heavy atom. The van der Waals surface area contributed by atoms with E-state index in [-0.39, 0.29) is 24.4 Å². The van der Waals surface area contributed by atoms with Crippen LogP contribution in [0.3, 0.4) is 0 Å². The first-order chi connectivity index (χ1) is 14.6. The molecule has 3 N–H and O–H groups in total. The van der Waals surface area contributed by atoms with Crippen LogP contribution in [0.5, 0.6) is 5.75 Å². The largest absolute Gasteiger partial charge is 0.573 e. The molecule has 6 nitrogen and oxygen atoms in total. The third kappa shape index (κ3) is 6.05. The van der Waals surface area contributed by atoms with Crippen LogP contribution in [0.2, 0.25) is 0 Å². The standard InChI is InChI=1S/C21H20F4N4O2/c1-12(11-30)26-20-28-18(14-5-3-6-15(9-14)31-21(23,24)25)10-19(29-20)27-17-8-4-7-16(22)13(17)2/h3-10,12,30H,11H2,1-2H3,(H2,26,27,28,29)/t12-/m0/s1. The van der Waals surface area contributed by atoms with Crippen molar-refractivity contribution in [3.63, 3.8) is 0 Å². The van der Waals surface area contributed by atoms with Gasteiger partial charge in [-0.1, -0.05) is 18.2 Å². The molecule has 1 aromatic heterocycles. The number of halogens is 4. The number of ether oxygens (including phenoxy) is 1. The highest BCUT2D eigenvalue weighted by molar-refractivity contribution is 5.69. The molecular formula is C21H20F4N4O2. The molecule has 164 valence electrons. The van der Waals surface area contributed by atoms with Gasteiger partial charge in [0.05, 0.1) is 12.3 Å². The summed E-state index contributed by atoms with van der Waals surface area (Å²) in [5.74, 6) is -0.368. The number of benzene rings is 2. The lowest BCUT2D eigenvalue weighted by Crippen LogP contribution is -2.21. The minimum Gasteiger partial charge on any atom is -0.406 e. The van der Waals surface area contributed by atoms with Crippen molar-refractivity contribution in [3.8, 4) is 17.0 Å². The van der Waals surface area contributed by atoms with Crippen molar-refractivity contribution >= 4 is 17.5 Å². The summed E-state index contributed by atoms with van der Waals surface area (Å²) in [6, 6.07) is 11.0. The third-order valence-corrected chi connectivity index (χ3v) is 4.27. The van der Waals surface area contributed by atoms with Crippen LogP contribution >= 0.6 is 0 Å². The van der Waals surface area contributed by atoms with Gasteiger partial charge in [0.2, 0.25) is 5.95 Å². The second-order valence-electron chi connectivity index (χ2n) is 6.80. The van der Waals surface area contributed by atoms with Gasteiger partial charge >= 0.3 is 6.36 Å². The van der Waals surface area contributed by atoms with Crippen molar-refractivity contribution in [2.24, 2.45) is 0 Å². The molecule has 2 aromatic carbocycles. The van der Waals surface area contributed by atoms with E-state index in [0.717, 1.165) is 0 Å². The summed E-state index contributed by atoms with van der Waals surface area (Å²) in [5, 5.41) is 15.2. The Balaban J connectivity index is 2.01. The normalized spacial score (nSPS) is 12.4. The lowest BCUT2D eigenvalue weighted by molar-refractivity contribution is -0.274. The van der Waals surface area contributed by atoms with Crippen molar-refractivity contribution in [3.05, 3.63) is 59.9 Å². The van der Waals surface area contributed by atoms with E-state index in [1.165, 1.54) is 36.4 Å². The van der Waals surface area contributed by atoms with Gasteiger partial charge < -0.3 is 20.5 Å². The maximum absolute atomic E-state index is 13.9. The number of rotatable bonds is 7. The van der Waals surface area contributed by atoms with E-state index in [4.69, 9.17) is 0 Å². The maximum atomic E-state index is 13.9. The highest BCUT2D eigenvalue weighted by Gasteiger charge is 2.31. The molecule has 0 amide bonds. The third-order valence-electron chi connectivity index (χ3n) is 4.27. The van der Waals surface area contributed by atoms with Crippen molar-refractivity contribution in [2.75, 3.05) is 17.2 Å². The number of hydrogen-bond acceptors (Lipinski definition) is 6. The van der Waals surface area contributed by atoms with Gasteiger partial charge in [-0.05, 0) is 38.1 Å². The molecule has 0 unspecified atom stereocenters. The predicted octanol–water partition coefficient (Wildman–Crippen LogP) is 5.03. The minimum atomic E-state index is -4.82. The van der Waals surface area contributed by atoms with Crippen LogP contribution < -0.4 is 15.4 Å². The highest BCUT2D eigenvalue weighted by atomic mass is 19.4. The summed E-state index contributed by atoms with van der Waals surface area (Å²) >= 11 is 0. The number of aromatic nitrogens is 2. The van der Waals surface area contributed by atoms with Crippen LogP contribution in [0.4, 0.5) is 35.0 Å². The Bertz CT molecular complexity index is 1060. The Morgan fingerprint density at radius 1 is 1.10 bits per heavy atom. The SMILES string of the molecule is Cc1c(F)cccc1Nc1cc(-c2cccc(OC(F)(F)F)c2)nc(N[C@@H](C)CO)n1. The number of aliphatic hydroxyl groups is 1. The molecule has 0 spiro atoms. The summed E-state index contributed by atoms with van der Waals surface area (Å²) in [7, 11) is 0. The molecule has 10 heteroatoms. The number of nitrogens with zero attached hydrogens (tertiary/aromatic N) is 2. The monoisotopic (exact) mass is 436 g/mol. The second kappa shape index (κ2) is 9.17. The number of anilines is 3. The number of aliphatic hydroxyl groups excluding tert-OH is 1. The molecule has 0 aliphatic rings. The van der Waals surface area contributed by atoms with Gasteiger partial charge in [-0.2, -0.15) is 4.98 Å². The van der Waals surface area contributed by atoms with Gasteiger partial charge in [-0.25, -0.2) is 9.37 Å². The summed E-state index contributed by atoms with van der Waals surface area (Å²) in [6.07, 6.45) is -4.82. The van der Waals surface area contributed by atoms with E-state index in [1.807, 2.05) is 0 Å². The Hall–Kier alpha value is -3.40. The lowest BCUT2D eigenvalue weighted by Gasteiger charge is -2.15. The highest BCUT2D eigenvalue weighted by Crippen LogP contribution is 2.30. The van der Waals surface area contributed by atoms with Crippen LogP contribution in [0.15, 0.2) is 48.5 Å².